The number of ether oxygens (including phenoxy) is 2. The minimum Gasteiger partial charge on any atom is -0.468 e. The molecule has 2 saturated heterocycles. The first-order chi connectivity index (χ1) is 12.9. The molecule has 3 heterocycles. The first-order valence-electron chi connectivity index (χ1n) is 9.10. The van der Waals surface area contributed by atoms with Gasteiger partial charge in [0, 0.05) is 43.9 Å². The van der Waals surface area contributed by atoms with E-state index in [0.717, 1.165) is 51.1 Å². The fraction of sp³-hybridized carbons (Fsp3) is 0.667. The second-order valence-electron chi connectivity index (χ2n) is 7.22. The van der Waals surface area contributed by atoms with Crippen LogP contribution in [-0.4, -0.2) is 61.5 Å². The SMILES string of the molecule is O=C(NCCc1ccc(OCC(F)(F)F)nc1)N1CCC2(CCCOC2)C1. The van der Waals surface area contributed by atoms with Crippen LogP contribution in [0.4, 0.5) is 18.0 Å². The number of likely N-dealkylation sites (tertiary alicyclic amines) is 1. The molecule has 6 nitrogen and oxygen atoms in total. The molecule has 0 aromatic carbocycles. The number of pyridine rings is 1. The molecule has 1 unspecified atom stereocenters. The van der Waals surface area contributed by atoms with Crippen LogP contribution in [0.5, 0.6) is 5.88 Å². The summed E-state index contributed by atoms with van der Waals surface area (Å²) in [4.78, 5) is 18.0. The van der Waals surface area contributed by atoms with E-state index in [-0.39, 0.29) is 17.3 Å². The van der Waals surface area contributed by atoms with E-state index in [4.69, 9.17) is 4.74 Å². The second kappa shape index (κ2) is 8.33. The zero-order chi connectivity index (χ0) is 19.3. The number of alkyl halides is 3. The van der Waals surface area contributed by atoms with E-state index in [2.05, 4.69) is 15.0 Å². The lowest BCUT2D eigenvalue weighted by Gasteiger charge is -2.32. The van der Waals surface area contributed by atoms with E-state index >= 15 is 0 Å². The number of hydrogen-bond acceptors (Lipinski definition) is 4. The van der Waals surface area contributed by atoms with Gasteiger partial charge in [0.2, 0.25) is 5.88 Å². The zero-order valence-electron chi connectivity index (χ0n) is 15.1. The lowest BCUT2D eigenvalue weighted by molar-refractivity contribution is -0.154. The Kier molecular flexibility index (Phi) is 6.08. The summed E-state index contributed by atoms with van der Waals surface area (Å²) in [5.41, 5.74) is 0.930. The zero-order valence-corrected chi connectivity index (χ0v) is 15.1. The number of amides is 2. The number of nitrogens with zero attached hydrogens (tertiary/aromatic N) is 2. The maximum absolute atomic E-state index is 12.3. The molecular weight excluding hydrogens is 363 g/mol. The molecule has 3 rings (SSSR count). The molecule has 0 aliphatic carbocycles. The predicted octanol–water partition coefficient (Wildman–Crippen LogP) is 2.78. The van der Waals surface area contributed by atoms with Crippen LogP contribution >= 0.6 is 0 Å². The molecular formula is C18H24F3N3O3. The van der Waals surface area contributed by atoms with Crippen LogP contribution < -0.4 is 10.1 Å². The van der Waals surface area contributed by atoms with E-state index in [1.807, 2.05) is 4.90 Å². The Morgan fingerprint density at radius 3 is 2.89 bits per heavy atom. The molecule has 2 fully saturated rings. The van der Waals surface area contributed by atoms with Crippen molar-refractivity contribution >= 4 is 6.03 Å². The van der Waals surface area contributed by atoms with Gasteiger partial charge in [-0.25, -0.2) is 9.78 Å². The number of urea groups is 1. The van der Waals surface area contributed by atoms with Crippen molar-refractivity contribution < 1.29 is 27.4 Å². The molecule has 1 spiro atoms. The van der Waals surface area contributed by atoms with Gasteiger partial charge in [0.05, 0.1) is 6.61 Å². The Balaban J connectivity index is 1.39. The van der Waals surface area contributed by atoms with Crippen LogP contribution in [0.2, 0.25) is 0 Å². The molecule has 2 aliphatic rings. The lowest BCUT2D eigenvalue weighted by atomic mass is 9.82. The maximum atomic E-state index is 12.3. The first kappa shape index (κ1) is 19.7. The van der Waals surface area contributed by atoms with Crippen molar-refractivity contribution in [1.82, 2.24) is 15.2 Å². The molecule has 1 N–H and O–H groups in total. The summed E-state index contributed by atoms with van der Waals surface area (Å²) >= 11 is 0. The van der Waals surface area contributed by atoms with E-state index < -0.39 is 12.8 Å². The minimum atomic E-state index is -4.39. The Bertz CT molecular complexity index is 631. The molecule has 1 atom stereocenters. The summed E-state index contributed by atoms with van der Waals surface area (Å²) in [6.07, 6.45) is 0.741. The third-order valence-electron chi connectivity index (χ3n) is 5.00. The van der Waals surface area contributed by atoms with Crippen molar-refractivity contribution in [1.29, 1.82) is 0 Å². The number of aromatic nitrogens is 1. The topological polar surface area (TPSA) is 63.7 Å². The van der Waals surface area contributed by atoms with E-state index in [1.165, 1.54) is 12.3 Å². The number of carbonyl (C=O) groups is 1. The van der Waals surface area contributed by atoms with Crippen LogP contribution in [0, 0.1) is 5.41 Å². The summed E-state index contributed by atoms with van der Waals surface area (Å²) in [6.45, 7) is 2.07. The Morgan fingerprint density at radius 1 is 1.37 bits per heavy atom. The van der Waals surface area contributed by atoms with E-state index in [9.17, 15) is 18.0 Å². The van der Waals surface area contributed by atoms with Gasteiger partial charge in [0.1, 0.15) is 0 Å². The predicted molar refractivity (Wildman–Crippen MR) is 91.6 cm³/mol. The largest absolute Gasteiger partial charge is 0.468 e. The molecule has 1 aromatic heterocycles. The van der Waals surface area contributed by atoms with Gasteiger partial charge >= 0.3 is 12.2 Å². The van der Waals surface area contributed by atoms with E-state index in [0.29, 0.717) is 13.0 Å². The molecule has 27 heavy (non-hydrogen) atoms. The maximum Gasteiger partial charge on any atom is 0.422 e. The molecule has 0 bridgehead atoms. The van der Waals surface area contributed by atoms with Crippen molar-refractivity contribution in [2.24, 2.45) is 5.41 Å². The molecule has 1 aromatic rings. The summed E-state index contributed by atoms with van der Waals surface area (Å²) in [5, 5.41) is 2.89. The Hall–Kier alpha value is -2.03. The van der Waals surface area contributed by atoms with Crippen LogP contribution in [0.3, 0.4) is 0 Å². The van der Waals surface area contributed by atoms with Crippen molar-refractivity contribution in [3.63, 3.8) is 0 Å². The summed E-state index contributed by atoms with van der Waals surface area (Å²) in [6, 6.07) is 2.96. The van der Waals surface area contributed by atoms with Gasteiger partial charge in [-0.15, -0.1) is 0 Å². The molecule has 0 radical (unpaired) electrons. The van der Waals surface area contributed by atoms with Gasteiger partial charge in [-0.2, -0.15) is 13.2 Å². The number of nitrogens with one attached hydrogen (secondary N) is 1. The van der Waals surface area contributed by atoms with Crippen LogP contribution in [0.15, 0.2) is 18.3 Å². The first-order valence-corrected chi connectivity index (χ1v) is 9.10. The van der Waals surface area contributed by atoms with Crippen LogP contribution in [-0.2, 0) is 11.2 Å². The average Bonchev–Trinajstić information content (AvgIpc) is 3.04. The minimum absolute atomic E-state index is 0.0721. The number of hydrogen-bond donors (Lipinski definition) is 1. The fourth-order valence-corrected chi connectivity index (χ4v) is 3.57. The third-order valence-corrected chi connectivity index (χ3v) is 5.00. The van der Waals surface area contributed by atoms with Crippen LogP contribution in [0.1, 0.15) is 24.8 Å². The van der Waals surface area contributed by atoms with Gasteiger partial charge in [-0.1, -0.05) is 6.07 Å². The summed E-state index contributed by atoms with van der Waals surface area (Å²) in [7, 11) is 0. The normalized spacial score (nSPS) is 22.9. The highest BCUT2D eigenvalue weighted by Crippen LogP contribution is 2.37. The Morgan fingerprint density at radius 2 is 2.22 bits per heavy atom. The molecule has 0 saturated carbocycles. The standard InChI is InChI=1S/C18H24F3N3O3/c19-18(20,21)13-27-15-3-2-14(10-23-15)4-7-22-16(25)24-8-6-17(11-24)5-1-9-26-12-17/h2-3,10H,1,4-9,11-13H2,(H,22,25). The fourth-order valence-electron chi connectivity index (χ4n) is 3.57. The lowest BCUT2D eigenvalue weighted by Crippen LogP contribution is -2.42. The molecule has 2 aliphatic heterocycles. The highest BCUT2D eigenvalue weighted by molar-refractivity contribution is 5.74. The van der Waals surface area contributed by atoms with Gasteiger partial charge in [-0.3, -0.25) is 0 Å². The Labute approximate surface area is 156 Å². The average molecular weight is 387 g/mol. The summed E-state index contributed by atoms with van der Waals surface area (Å²) in [5.74, 6) is -0.0721. The molecule has 9 heteroatoms. The number of rotatable bonds is 5. The van der Waals surface area contributed by atoms with Gasteiger partial charge in [-0.05, 0) is 31.2 Å². The van der Waals surface area contributed by atoms with Crippen molar-refractivity contribution in [2.45, 2.75) is 31.9 Å². The smallest absolute Gasteiger partial charge is 0.422 e. The van der Waals surface area contributed by atoms with Gasteiger partial charge in [0.25, 0.3) is 0 Å². The van der Waals surface area contributed by atoms with Crippen molar-refractivity contribution in [3.8, 4) is 5.88 Å². The molecule has 2 amide bonds. The van der Waals surface area contributed by atoms with Gasteiger partial charge in [0.15, 0.2) is 6.61 Å². The summed E-state index contributed by atoms with van der Waals surface area (Å²) < 4.78 is 46.5. The number of halogens is 3. The highest BCUT2D eigenvalue weighted by atomic mass is 19.4. The molecule has 150 valence electrons. The monoisotopic (exact) mass is 387 g/mol. The van der Waals surface area contributed by atoms with Crippen molar-refractivity contribution in [2.75, 3.05) is 39.5 Å². The highest BCUT2D eigenvalue weighted by Gasteiger charge is 2.41. The number of carbonyl (C=O) groups excluding carboxylic acids is 1. The van der Waals surface area contributed by atoms with Crippen molar-refractivity contribution in [3.05, 3.63) is 23.9 Å². The van der Waals surface area contributed by atoms with Crippen LogP contribution in [0.25, 0.3) is 0 Å². The van der Waals surface area contributed by atoms with E-state index in [1.54, 1.807) is 6.07 Å². The quantitative estimate of drug-likeness (QED) is 0.844. The third kappa shape index (κ3) is 5.72. The van der Waals surface area contributed by atoms with Gasteiger partial charge < -0.3 is 19.7 Å². The second-order valence-corrected chi connectivity index (χ2v) is 7.22.